The van der Waals surface area contributed by atoms with E-state index in [-0.39, 0.29) is 0 Å². The lowest BCUT2D eigenvalue weighted by atomic mass is 10.0. The van der Waals surface area contributed by atoms with E-state index in [1.807, 2.05) is 0 Å². The van der Waals surface area contributed by atoms with Gasteiger partial charge in [0, 0.05) is 25.7 Å². The monoisotopic (exact) mass is 354 g/mol. The van der Waals surface area contributed by atoms with E-state index in [4.69, 9.17) is 14.2 Å². The second kappa shape index (κ2) is 10.3. The molecule has 148 valence electrons. The highest BCUT2D eigenvalue weighted by atomic mass is 16.8. The molecule has 0 aromatic rings. The normalized spacial score (nSPS) is 24.2. The molecular formula is C22H42O3. The van der Waals surface area contributed by atoms with Crippen molar-refractivity contribution in [3.63, 3.8) is 0 Å². The Balaban J connectivity index is 2.16. The second-order valence-electron chi connectivity index (χ2n) is 9.16. The van der Waals surface area contributed by atoms with Gasteiger partial charge in [-0.15, -0.1) is 0 Å². The fourth-order valence-corrected chi connectivity index (χ4v) is 4.06. The van der Waals surface area contributed by atoms with Crippen molar-refractivity contribution in [2.45, 2.75) is 116 Å². The lowest BCUT2D eigenvalue weighted by Gasteiger charge is -2.44. The lowest BCUT2D eigenvalue weighted by molar-refractivity contribution is -0.370. The van der Waals surface area contributed by atoms with Gasteiger partial charge in [0.15, 0.2) is 11.6 Å². The molecule has 2 aliphatic rings. The third-order valence-electron chi connectivity index (χ3n) is 5.46. The second-order valence-corrected chi connectivity index (χ2v) is 9.16. The number of hydrogen-bond acceptors (Lipinski definition) is 3. The van der Waals surface area contributed by atoms with Crippen LogP contribution in [-0.4, -0.2) is 24.8 Å². The number of hydrogen-bond donors (Lipinski definition) is 0. The topological polar surface area (TPSA) is 27.7 Å². The number of rotatable bonds is 8. The molecule has 0 aliphatic heterocycles. The van der Waals surface area contributed by atoms with Crippen molar-refractivity contribution in [3.8, 4) is 0 Å². The van der Waals surface area contributed by atoms with Gasteiger partial charge >= 0.3 is 0 Å². The highest BCUT2D eigenvalue weighted by molar-refractivity contribution is 4.82. The molecule has 0 amide bonds. The third kappa shape index (κ3) is 7.19. The van der Waals surface area contributed by atoms with Crippen molar-refractivity contribution in [1.29, 1.82) is 0 Å². The van der Waals surface area contributed by atoms with Crippen LogP contribution < -0.4 is 0 Å². The molecule has 0 aromatic carbocycles. The van der Waals surface area contributed by atoms with Crippen molar-refractivity contribution in [2.75, 3.05) is 13.2 Å². The molecule has 3 nitrogen and oxygen atoms in total. The zero-order chi connectivity index (χ0) is 18.2. The van der Waals surface area contributed by atoms with Crippen LogP contribution in [-0.2, 0) is 14.2 Å². The Morgan fingerprint density at radius 3 is 1.16 bits per heavy atom. The predicted octanol–water partition coefficient (Wildman–Crippen LogP) is 6.45. The molecule has 0 radical (unpaired) electrons. The zero-order valence-electron chi connectivity index (χ0n) is 17.3. The summed E-state index contributed by atoms with van der Waals surface area (Å²) in [4.78, 5) is 0. The van der Waals surface area contributed by atoms with Gasteiger partial charge in [0.1, 0.15) is 0 Å². The zero-order valence-corrected chi connectivity index (χ0v) is 17.3. The molecule has 0 heterocycles. The molecule has 2 saturated carbocycles. The molecule has 25 heavy (non-hydrogen) atoms. The van der Waals surface area contributed by atoms with Gasteiger partial charge in [0.25, 0.3) is 0 Å². The lowest BCUT2D eigenvalue weighted by Crippen LogP contribution is -2.48. The first-order chi connectivity index (χ1) is 12.0. The van der Waals surface area contributed by atoms with Crippen molar-refractivity contribution in [2.24, 2.45) is 11.8 Å². The predicted molar refractivity (Wildman–Crippen MR) is 104 cm³/mol. The Morgan fingerprint density at radius 2 is 0.880 bits per heavy atom. The largest absolute Gasteiger partial charge is 0.350 e. The minimum atomic E-state index is -0.428. The standard InChI is InChI=1S/C22H42O3/c1-19(2)17-23-21(13-9-5-6-10-14-21)25-22(24-18-20(3)4)15-11-7-8-12-16-22/h19-20H,5-18H2,1-4H3. The van der Waals surface area contributed by atoms with Gasteiger partial charge in [-0.1, -0.05) is 53.4 Å². The Labute approximate surface area is 156 Å². The molecule has 0 bridgehead atoms. The maximum atomic E-state index is 6.92. The van der Waals surface area contributed by atoms with E-state index in [0.717, 1.165) is 38.9 Å². The van der Waals surface area contributed by atoms with Crippen LogP contribution >= 0.6 is 0 Å². The Morgan fingerprint density at radius 1 is 0.560 bits per heavy atom. The summed E-state index contributed by atoms with van der Waals surface area (Å²) in [7, 11) is 0. The SMILES string of the molecule is CC(C)COC1(OC2(OCC(C)C)CCCCCC2)CCCCCC1. The highest BCUT2D eigenvalue weighted by Crippen LogP contribution is 2.41. The molecule has 2 fully saturated rings. The van der Waals surface area contributed by atoms with Crippen molar-refractivity contribution in [3.05, 3.63) is 0 Å². The molecule has 0 N–H and O–H groups in total. The average Bonchev–Trinajstić information content (AvgIpc) is 2.93. The summed E-state index contributed by atoms with van der Waals surface area (Å²) in [5, 5.41) is 0. The Hall–Kier alpha value is -0.120. The molecule has 3 heteroatoms. The van der Waals surface area contributed by atoms with Crippen LogP contribution in [0, 0.1) is 11.8 Å². The first kappa shape index (κ1) is 21.2. The first-order valence-electron chi connectivity index (χ1n) is 10.9. The maximum absolute atomic E-state index is 6.92. The van der Waals surface area contributed by atoms with Crippen LogP contribution in [0.5, 0.6) is 0 Å². The summed E-state index contributed by atoms with van der Waals surface area (Å²) < 4.78 is 19.9. The fraction of sp³-hybridized carbons (Fsp3) is 1.00. The summed E-state index contributed by atoms with van der Waals surface area (Å²) in [5.41, 5.74) is 0. The van der Waals surface area contributed by atoms with Crippen molar-refractivity contribution < 1.29 is 14.2 Å². The summed E-state index contributed by atoms with van der Waals surface area (Å²) in [5.74, 6) is 0.209. The minimum absolute atomic E-state index is 0.428. The van der Waals surface area contributed by atoms with Gasteiger partial charge in [-0.3, -0.25) is 0 Å². The maximum Gasteiger partial charge on any atom is 0.171 e. The van der Waals surface area contributed by atoms with Gasteiger partial charge in [-0.05, 0) is 37.5 Å². The van der Waals surface area contributed by atoms with Crippen LogP contribution in [0.4, 0.5) is 0 Å². The summed E-state index contributed by atoms with van der Waals surface area (Å²) in [6.45, 7) is 10.4. The Kier molecular flexibility index (Phi) is 8.71. The molecule has 2 aliphatic carbocycles. The van der Waals surface area contributed by atoms with Gasteiger partial charge < -0.3 is 14.2 Å². The van der Waals surface area contributed by atoms with E-state index in [2.05, 4.69) is 27.7 Å². The summed E-state index contributed by atoms with van der Waals surface area (Å²) in [6.07, 6.45) is 14.1. The van der Waals surface area contributed by atoms with Crippen LogP contribution in [0.3, 0.4) is 0 Å². The fourth-order valence-electron chi connectivity index (χ4n) is 4.06. The van der Waals surface area contributed by atoms with Crippen molar-refractivity contribution >= 4 is 0 Å². The first-order valence-corrected chi connectivity index (χ1v) is 10.9. The summed E-state index contributed by atoms with van der Waals surface area (Å²) >= 11 is 0. The van der Waals surface area contributed by atoms with Gasteiger partial charge in [-0.25, -0.2) is 0 Å². The van der Waals surface area contributed by atoms with E-state index in [0.29, 0.717) is 11.8 Å². The van der Waals surface area contributed by atoms with E-state index in [1.54, 1.807) is 0 Å². The molecule has 0 atom stereocenters. The average molecular weight is 355 g/mol. The highest BCUT2D eigenvalue weighted by Gasteiger charge is 2.44. The summed E-state index contributed by atoms with van der Waals surface area (Å²) in [6, 6.07) is 0. The molecular weight excluding hydrogens is 312 g/mol. The molecule has 0 spiro atoms. The quantitative estimate of drug-likeness (QED) is 0.370. The van der Waals surface area contributed by atoms with Crippen molar-refractivity contribution in [1.82, 2.24) is 0 Å². The van der Waals surface area contributed by atoms with E-state index in [1.165, 1.54) is 51.4 Å². The Bertz CT molecular complexity index is 314. The van der Waals surface area contributed by atoms with Crippen LogP contribution in [0.1, 0.15) is 105 Å². The third-order valence-corrected chi connectivity index (χ3v) is 5.46. The van der Waals surface area contributed by atoms with Gasteiger partial charge in [0.2, 0.25) is 0 Å². The molecule has 2 rings (SSSR count). The minimum Gasteiger partial charge on any atom is -0.350 e. The van der Waals surface area contributed by atoms with Gasteiger partial charge in [0.05, 0.1) is 13.2 Å². The molecule has 0 saturated heterocycles. The van der Waals surface area contributed by atoms with E-state index < -0.39 is 11.6 Å². The van der Waals surface area contributed by atoms with Gasteiger partial charge in [-0.2, -0.15) is 0 Å². The van der Waals surface area contributed by atoms with Crippen LogP contribution in [0.2, 0.25) is 0 Å². The molecule has 0 unspecified atom stereocenters. The van der Waals surface area contributed by atoms with E-state index in [9.17, 15) is 0 Å². The molecule has 0 aromatic heterocycles. The number of ether oxygens (including phenoxy) is 3. The smallest absolute Gasteiger partial charge is 0.171 e. The van der Waals surface area contributed by atoms with E-state index >= 15 is 0 Å². The van der Waals surface area contributed by atoms with Crippen LogP contribution in [0.25, 0.3) is 0 Å². The van der Waals surface area contributed by atoms with Crippen LogP contribution in [0.15, 0.2) is 0 Å².